The number of nitrogens with two attached hydrogens (primary N) is 1. The highest BCUT2D eigenvalue weighted by Crippen LogP contribution is 2.37. The highest BCUT2D eigenvalue weighted by Gasteiger charge is 2.29. The number of carbonyl (C=O) groups excluding carboxylic acids is 1. The maximum atomic E-state index is 11.9. The van der Waals surface area contributed by atoms with Gasteiger partial charge in [0.25, 0.3) is 0 Å². The summed E-state index contributed by atoms with van der Waals surface area (Å²) in [5.41, 5.74) is 8.76. The summed E-state index contributed by atoms with van der Waals surface area (Å²) in [6.45, 7) is 4.98. The molecule has 0 aromatic carbocycles. The first-order chi connectivity index (χ1) is 10.1. The van der Waals surface area contributed by atoms with Gasteiger partial charge in [-0.2, -0.15) is 5.10 Å². The Morgan fingerprint density at radius 3 is 3.00 bits per heavy atom. The molecule has 3 N–H and O–H groups in total. The third-order valence-corrected chi connectivity index (χ3v) is 3.78. The average Bonchev–Trinajstić information content (AvgIpc) is 2.78. The SMILES string of the molecule is CCCn1cc(C2CC(=O)Nc3nc(N)ccc32)c(C)n1. The Hall–Kier alpha value is -2.37. The molecule has 0 bridgehead atoms. The number of fused-ring (bicyclic) bond motifs is 1. The second-order valence-electron chi connectivity index (χ2n) is 5.41. The van der Waals surface area contributed by atoms with Crippen LogP contribution in [-0.4, -0.2) is 20.7 Å². The maximum Gasteiger partial charge on any atom is 0.226 e. The standard InChI is InChI=1S/C15H19N5O/c1-3-6-20-8-12(9(2)19-20)11-7-14(21)18-15-10(11)4-5-13(16)17-15/h4-5,8,11H,3,6-7H2,1-2H3,(H3,16,17,18,21). The molecule has 110 valence electrons. The third kappa shape index (κ3) is 2.49. The predicted molar refractivity (Wildman–Crippen MR) is 81.0 cm³/mol. The molecule has 0 saturated heterocycles. The first-order valence-electron chi connectivity index (χ1n) is 7.18. The van der Waals surface area contributed by atoms with Gasteiger partial charge in [-0.3, -0.25) is 9.48 Å². The number of aromatic nitrogens is 3. The molecule has 6 nitrogen and oxygen atoms in total. The van der Waals surface area contributed by atoms with E-state index in [1.165, 1.54) is 0 Å². The number of hydrogen-bond donors (Lipinski definition) is 2. The van der Waals surface area contributed by atoms with Crippen LogP contribution in [0, 0.1) is 6.92 Å². The van der Waals surface area contributed by atoms with Crippen molar-refractivity contribution in [3.8, 4) is 0 Å². The van der Waals surface area contributed by atoms with Crippen molar-refractivity contribution in [2.24, 2.45) is 0 Å². The van der Waals surface area contributed by atoms with Gasteiger partial charge >= 0.3 is 0 Å². The Morgan fingerprint density at radius 1 is 1.43 bits per heavy atom. The molecule has 1 aliphatic rings. The van der Waals surface area contributed by atoms with Gasteiger partial charge in [0.2, 0.25) is 5.91 Å². The summed E-state index contributed by atoms with van der Waals surface area (Å²) in [6.07, 6.45) is 3.49. The number of amides is 1. The Bertz CT molecular complexity index is 691. The summed E-state index contributed by atoms with van der Waals surface area (Å²) in [7, 11) is 0. The minimum absolute atomic E-state index is 0.00699. The molecule has 3 heterocycles. The molecular formula is C15H19N5O. The van der Waals surface area contributed by atoms with E-state index < -0.39 is 0 Å². The number of carbonyl (C=O) groups is 1. The van der Waals surface area contributed by atoms with Crippen molar-refractivity contribution in [1.82, 2.24) is 14.8 Å². The van der Waals surface area contributed by atoms with E-state index >= 15 is 0 Å². The molecule has 1 unspecified atom stereocenters. The number of nitrogens with zero attached hydrogens (tertiary/aromatic N) is 3. The summed E-state index contributed by atoms with van der Waals surface area (Å²) in [4.78, 5) is 16.2. The second kappa shape index (κ2) is 5.20. The zero-order valence-electron chi connectivity index (χ0n) is 12.3. The van der Waals surface area contributed by atoms with Crippen LogP contribution in [0.4, 0.5) is 11.6 Å². The molecule has 2 aromatic heterocycles. The number of nitrogens with one attached hydrogen (secondary N) is 1. The Morgan fingerprint density at radius 2 is 2.24 bits per heavy atom. The van der Waals surface area contributed by atoms with Crippen molar-refractivity contribution in [2.45, 2.75) is 39.2 Å². The first-order valence-corrected chi connectivity index (χ1v) is 7.18. The van der Waals surface area contributed by atoms with Crippen LogP contribution in [0.25, 0.3) is 0 Å². The molecular weight excluding hydrogens is 266 g/mol. The minimum atomic E-state index is -0.0340. The summed E-state index contributed by atoms with van der Waals surface area (Å²) in [5, 5.41) is 7.33. The summed E-state index contributed by atoms with van der Waals surface area (Å²) >= 11 is 0. The lowest BCUT2D eigenvalue weighted by Crippen LogP contribution is -2.24. The summed E-state index contributed by atoms with van der Waals surface area (Å²) in [6, 6.07) is 3.72. The second-order valence-corrected chi connectivity index (χ2v) is 5.41. The van der Waals surface area contributed by atoms with Crippen LogP contribution in [-0.2, 0) is 11.3 Å². The van der Waals surface area contributed by atoms with E-state index in [0.717, 1.165) is 29.8 Å². The fourth-order valence-electron chi connectivity index (χ4n) is 2.84. The number of hydrogen-bond acceptors (Lipinski definition) is 4. The number of anilines is 2. The molecule has 2 aromatic rings. The molecule has 0 saturated carbocycles. The van der Waals surface area contributed by atoms with Gasteiger partial charge in [0.05, 0.1) is 5.69 Å². The van der Waals surface area contributed by atoms with E-state index in [1.807, 2.05) is 23.9 Å². The maximum absolute atomic E-state index is 11.9. The number of rotatable bonds is 3. The number of nitrogen functional groups attached to an aromatic ring is 1. The normalized spacial score (nSPS) is 17.4. The zero-order valence-corrected chi connectivity index (χ0v) is 12.3. The fourth-order valence-corrected chi connectivity index (χ4v) is 2.84. The van der Waals surface area contributed by atoms with E-state index in [1.54, 1.807) is 6.07 Å². The highest BCUT2D eigenvalue weighted by molar-refractivity contribution is 5.94. The van der Waals surface area contributed by atoms with E-state index in [2.05, 4.69) is 22.3 Å². The third-order valence-electron chi connectivity index (χ3n) is 3.78. The van der Waals surface area contributed by atoms with Gasteiger partial charge in [0.1, 0.15) is 11.6 Å². The van der Waals surface area contributed by atoms with Crippen molar-refractivity contribution in [2.75, 3.05) is 11.1 Å². The quantitative estimate of drug-likeness (QED) is 0.903. The van der Waals surface area contributed by atoms with Crippen LogP contribution in [0.5, 0.6) is 0 Å². The van der Waals surface area contributed by atoms with Crippen LogP contribution in [0.15, 0.2) is 18.3 Å². The minimum Gasteiger partial charge on any atom is -0.384 e. The molecule has 0 aliphatic carbocycles. The van der Waals surface area contributed by atoms with Gasteiger partial charge in [0, 0.05) is 36.2 Å². The van der Waals surface area contributed by atoms with Gasteiger partial charge in [-0.15, -0.1) is 0 Å². The lowest BCUT2D eigenvalue weighted by atomic mass is 9.86. The van der Waals surface area contributed by atoms with Gasteiger partial charge in [-0.25, -0.2) is 4.98 Å². The Labute approximate surface area is 123 Å². The smallest absolute Gasteiger partial charge is 0.226 e. The summed E-state index contributed by atoms with van der Waals surface area (Å²) < 4.78 is 1.95. The number of aryl methyl sites for hydroxylation is 2. The fraction of sp³-hybridized carbons (Fsp3) is 0.400. The molecule has 0 radical (unpaired) electrons. The largest absolute Gasteiger partial charge is 0.384 e. The van der Waals surface area contributed by atoms with Crippen LogP contribution in [0.3, 0.4) is 0 Å². The monoisotopic (exact) mass is 285 g/mol. The van der Waals surface area contributed by atoms with Gasteiger partial charge in [0.15, 0.2) is 0 Å². The van der Waals surface area contributed by atoms with Gasteiger partial charge in [-0.05, 0) is 19.4 Å². The van der Waals surface area contributed by atoms with E-state index in [0.29, 0.717) is 18.1 Å². The molecule has 1 atom stereocenters. The first kappa shape index (κ1) is 13.6. The highest BCUT2D eigenvalue weighted by atomic mass is 16.1. The predicted octanol–water partition coefficient (Wildman–Crippen LogP) is 2.05. The molecule has 1 amide bonds. The van der Waals surface area contributed by atoms with E-state index in [4.69, 9.17) is 5.73 Å². The van der Waals surface area contributed by atoms with Gasteiger partial charge in [-0.1, -0.05) is 13.0 Å². The van der Waals surface area contributed by atoms with Gasteiger partial charge < -0.3 is 11.1 Å². The Kier molecular flexibility index (Phi) is 3.37. The Balaban J connectivity index is 2.05. The molecule has 1 aliphatic heterocycles. The van der Waals surface area contributed by atoms with Crippen molar-refractivity contribution >= 4 is 17.5 Å². The summed E-state index contributed by atoms with van der Waals surface area (Å²) in [5.74, 6) is 0.938. The van der Waals surface area contributed by atoms with E-state index in [-0.39, 0.29) is 11.8 Å². The topological polar surface area (TPSA) is 85.8 Å². The molecule has 0 fully saturated rings. The van der Waals surface area contributed by atoms with Crippen molar-refractivity contribution in [1.29, 1.82) is 0 Å². The lowest BCUT2D eigenvalue weighted by molar-refractivity contribution is -0.116. The van der Waals surface area contributed by atoms with Crippen LogP contribution in [0.2, 0.25) is 0 Å². The zero-order chi connectivity index (χ0) is 15.0. The lowest BCUT2D eigenvalue weighted by Gasteiger charge is -2.24. The van der Waals surface area contributed by atoms with Crippen LogP contribution in [0.1, 0.15) is 42.5 Å². The van der Waals surface area contributed by atoms with Crippen molar-refractivity contribution < 1.29 is 4.79 Å². The van der Waals surface area contributed by atoms with E-state index in [9.17, 15) is 4.79 Å². The molecule has 3 rings (SSSR count). The van der Waals surface area contributed by atoms with Crippen molar-refractivity contribution in [3.63, 3.8) is 0 Å². The molecule has 21 heavy (non-hydrogen) atoms. The van der Waals surface area contributed by atoms with Crippen LogP contribution < -0.4 is 11.1 Å². The molecule has 6 heteroatoms. The molecule has 0 spiro atoms. The number of pyridine rings is 1. The average molecular weight is 285 g/mol. The van der Waals surface area contributed by atoms with Crippen LogP contribution >= 0.6 is 0 Å². The van der Waals surface area contributed by atoms with Crippen molar-refractivity contribution in [3.05, 3.63) is 35.2 Å².